The van der Waals surface area contributed by atoms with Crippen LogP contribution in [0.25, 0.3) is 0 Å². The summed E-state index contributed by atoms with van der Waals surface area (Å²) in [6, 6.07) is 5.40. The number of carbonyl (C=O) groups excluding carboxylic acids is 4. The molecule has 3 aliphatic carbocycles. The summed E-state index contributed by atoms with van der Waals surface area (Å²) in [5.41, 5.74) is 1.46. The van der Waals surface area contributed by atoms with Gasteiger partial charge in [0.1, 0.15) is 6.04 Å². The number of hydrogen-bond acceptors (Lipinski definition) is 4. The van der Waals surface area contributed by atoms with Crippen molar-refractivity contribution in [3.8, 4) is 0 Å². The van der Waals surface area contributed by atoms with E-state index in [1.54, 1.807) is 16.7 Å². The third-order valence-corrected chi connectivity index (χ3v) is 7.77. The fourth-order valence-electron chi connectivity index (χ4n) is 5.30. The number of carbonyl (C=O) groups is 4. The molecular weight excluding hydrogens is 444 g/mol. The molecule has 0 bridgehead atoms. The van der Waals surface area contributed by atoms with E-state index in [0.29, 0.717) is 37.3 Å². The third kappa shape index (κ3) is 5.52. The molecule has 1 aliphatic heterocycles. The molecule has 3 saturated carbocycles. The van der Waals surface area contributed by atoms with Gasteiger partial charge in [-0.1, -0.05) is 25.0 Å². The first-order chi connectivity index (χ1) is 16.9. The number of rotatable bonds is 9. The molecule has 1 aromatic carbocycles. The van der Waals surface area contributed by atoms with Crippen LogP contribution in [0.1, 0.15) is 64.7 Å². The summed E-state index contributed by atoms with van der Waals surface area (Å²) in [6.45, 7) is 2.69. The van der Waals surface area contributed by atoms with Gasteiger partial charge >= 0.3 is 0 Å². The van der Waals surface area contributed by atoms with Crippen LogP contribution in [0.2, 0.25) is 0 Å². The Morgan fingerprint density at radius 1 is 0.857 bits per heavy atom. The molecular formula is C27H36N4O4. The zero-order valence-electron chi connectivity index (χ0n) is 20.5. The molecule has 1 heterocycles. The van der Waals surface area contributed by atoms with Gasteiger partial charge in [-0.25, -0.2) is 0 Å². The fraction of sp³-hybridized carbons (Fsp3) is 0.630. The second-order valence-corrected chi connectivity index (χ2v) is 10.9. The number of anilines is 2. The molecule has 2 N–H and O–H groups in total. The number of hydrogen-bond donors (Lipinski definition) is 2. The molecule has 5 rings (SSSR count). The maximum Gasteiger partial charge on any atom is 0.259 e. The summed E-state index contributed by atoms with van der Waals surface area (Å²) < 4.78 is 0. The lowest BCUT2D eigenvalue weighted by Gasteiger charge is -2.25. The predicted molar refractivity (Wildman–Crippen MR) is 133 cm³/mol. The average molecular weight is 481 g/mol. The molecule has 1 aromatic rings. The van der Waals surface area contributed by atoms with Gasteiger partial charge in [0.15, 0.2) is 6.04 Å². The first-order valence-electron chi connectivity index (χ1n) is 13.2. The second-order valence-electron chi connectivity index (χ2n) is 10.9. The highest BCUT2D eigenvalue weighted by Gasteiger charge is 2.44. The highest BCUT2D eigenvalue weighted by molar-refractivity contribution is 6.21. The van der Waals surface area contributed by atoms with Crippen molar-refractivity contribution in [2.45, 2.75) is 76.8 Å². The van der Waals surface area contributed by atoms with E-state index >= 15 is 0 Å². The van der Waals surface area contributed by atoms with Crippen molar-refractivity contribution in [3.05, 3.63) is 24.3 Å². The topological polar surface area (TPSA) is 98.8 Å². The summed E-state index contributed by atoms with van der Waals surface area (Å²) in [5.74, 6) is -0.252. The van der Waals surface area contributed by atoms with Gasteiger partial charge in [0, 0.05) is 19.5 Å². The van der Waals surface area contributed by atoms with Gasteiger partial charge in [-0.15, -0.1) is 0 Å². The molecule has 1 atom stereocenters. The van der Waals surface area contributed by atoms with Crippen LogP contribution in [-0.4, -0.2) is 48.8 Å². The summed E-state index contributed by atoms with van der Waals surface area (Å²) in [4.78, 5) is 56.3. The minimum atomic E-state index is -1.30. The van der Waals surface area contributed by atoms with Gasteiger partial charge in [0.2, 0.25) is 11.8 Å². The predicted octanol–water partition coefficient (Wildman–Crippen LogP) is 2.76. The molecule has 0 aromatic heterocycles. The van der Waals surface area contributed by atoms with E-state index in [0.717, 1.165) is 62.7 Å². The highest BCUT2D eigenvalue weighted by atomic mass is 16.2. The molecule has 4 aliphatic rings. The van der Waals surface area contributed by atoms with Crippen LogP contribution < -0.4 is 20.4 Å². The summed E-state index contributed by atoms with van der Waals surface area (Å²) >= 11 is 0. The van der Waals surface area contributed by atoms with E-state index < -0.39 is 29.8 Å². The van der Waals surface area contributed by atoms with Crippen molar-refractivity contribution >= 4 is 35.0 Å². The van der Waals surface area contributed by atoms with Crippen molar-refractivity contribution in [2.24, 2.45) is 17.8 Å². The van der Waals surface area contributed by atoms with Crippen molar-refractivity contribution in [1.82, 2.24) is 10.6 Å². The zero-order valence-corrected chi connectivity index (χ0v) is 20.5. The van der Waals surface area contributed by atoms with Crippen LogP contribution in [0, 0.1) is 17.8 Å². The first-order valence-corrected chi connectivity index (χ1v) is 13.2. The van der Waals surface area contributed by atoms with Crippen LogP contribution in [0.3, 0.4) is 0 Å². The number of fused-ring (bicyclic) bond motifs is 1. The van der Waals surface area contributed by atoms with Gasteiger partial charge in [-0.2, -0.15) is 0 Å². The van der Waals surface area contributed by atoms with Gasteiger partial charge in [0.25, 0.3) is 11.8 Å². The Kier molecular flexibility index (Phi) is 6.80. The minimum Gasteiger partial charge on any atom is -0.345 e. The number of nitrogens with zero attached hydrogens (tertiary/aromatic N) is 2. The van der Waals surface area contributed by atoms with Gasteiger partial charge < -0.3 is 20.4 Å². The average Bonchev–Trinajstić information content (AvgIpc) is 3.78. The Labute approximate surface area is 206 Å². The molecule has 3 fully saturated rings. The molecule has 0 spiro atoms. The number of nitrogens with one attached hydrogen (secondary N) is 2. The highest BCUT2D eigenvalue weighted by Crippen LogP contribution is 2.40. The molecule has 188 valence electrons. The summed E-state index contributed by atoms with van der Waals surface area (Å²) in [6.07, 6.45) is 9.06. The van der Waals surface area contributed by atoms with Gasteiger partial charge in [-0.05, 0) is 75.3 Å². The van der Waals surface area contributed by atoms with Crippen molar-refractivity contribution in [3.63, 3.8) is 0 Å². The smallest absolute Gasteiger partial charge is 0.259 e. The van der Waals surface area contributed by atoms with Crippen molar-refractivity contribution < 1.29 is 19.2 Å². The SMILES string of the molecule is CC(NC(=O)CC1CCCC1)C(=O)NC1C(=O)N(CC2CC2)c2ccccc2N(CC2CC2)C1=O. The number of benzene rings is 1. The quantitative estimate of drug-likeness (QED) is 0.531. The molecule has 8 heteroatoms. The molecule has 1 unspecified atom stereocenters. The Bertz CT molecular complexity index is 944. The molecule has 0 saturated heterocycles. The second kappa shape index (κ2) is 9.99. The van der Waals surface area contributed by atoms with Crippen LogP contribution >= 0.6 is 0 Å². The van der Waals surface area contributed by atoms with E-state index in [2.05, 4.69) is 10.6 Å². The normalized spacial score (nSPS) is 22.1. The minimum absolute atomic E-state index is 0.156. The van der Waals surface area contributed by atoms with E-state index in [1.807, 2.05) is 24.3 Å². The first kappa shape index (κ1) is 23.8. The monoisotopic (exact) mass is 480 g/mol. The van der Waals surface area contributed by atoms with Crippen LogP contribution in [0.4, 0.5) is 11.4 Å². The van der Waals surface area contributed by atoms with Gasteiger partial charge in [0.05, 0.1) is 11.4 Å². The van der Waals surface area contributed by atoms with E-state index in [9.17, 15) is 19.2 Å². The number of para-hydroxylation sites is 2. The maximum absolute atomic E-state index is 13.7. The zero-order chi connectivity index (χ0) is 24.5. The molecule has 8 nitrogen and oxygen atoms in total. The Morgan fingerprint density at radius 2 is 1.37 bits per heavy atom. The van der Waals surface area contributed by atoms with Crippen LogP contribution in [0.15, 0.2) is 24.3 Å². The third-order valence-electron chi connectivity index (χ3n) is 7.77. The Balaban J connectivity index is 1.33. The van der Waals surface area contributed by atoms with E-state index in [-0.39, 0.29) is 5.91 Å². The summed E-state index contributed by atoms with van der Waals surface area (Å²) in [7, 11) is 0. The lowest BCUT2D eigenvalue weighted by atomic mass is 10.0. The lowest BCUT2D eigenvalue weighted by molar-refractivity contribution is -0.135. The Hall–Kier alpha value is -2.90. The van der Waals surface area contributed by atoms with Crippen molar-refractivity contribution in [1.29, 1.82) is 0 Å². The van der Waals surface area contributed by atoms with E-state index in [4.69, 9.17) is 0 Å². The molecule has 4 amide bonds. The van der Waals surface area contributed by atoms with Gasteiger partial charge in [-0.3, -0.25) is 19.2 Å². The standard InChI is InChI=1S/C27H36N4O4/c1-17(28-23(32)14-18-6-2-3-7-18)25(33)29-24-26(34)30(15-19-10-11-19)21-8-4-5-9-22(21)31(27(24)35)16-20-12-13-20/h4-5,8-9,17-20,24H,2-3,6-7,10-16H2,1H3,(H,28,32)(H,29,33). The van der Waals surface area contributed by atoms with Crippen LogP contribution in [0.5, 0.6) is 0 Å². The summed E-state index contributed by atoms with van der Waals surface area (Å²) in [5, 5.41) is 5.47. The van der Waals surface area contributed by atoms with Crippen molar-refractivity contribution in [2.75, 3.05) is 22.9 Å². The maximum atomic E-state index is 13.7. The van der Waals surface area contributed by atoms with Crippen LogP contribution in [-0.2, 0) is 19.2 Å². The number of amides is 4. The van der Waals surface area contributed by atoms with E-state index in [1.165, 1.54) is 0 Å². The largest absolute Gasteiger partial charge is 0.345 e. The fourth-order valence-corrected chi connectivity index (χ4v) is 5.30. The Morgan fingerprint density at radius 3 is 1.86 bits per heavy atom. The molecule has 0 radical (unpaired) electrons. The lowest BCUT2D eigenvalue weighted by Crippen LogP contribution is -2.59. The molecule has 35 heavy (non-hydrogen) atoms.